The molecule has 100 valence electrons. The molecule has 0 radical (unpaired) electrons. The van der Waals surface area contributed by atoms with Crippen molar-refractivity contribution in [2.45, 2.75) is 12.8 Å². The summed E-state index contributed by atoms with van der Waals surface area (Å²) in [5.74, 6) is 0.226. The van der Waals surface area contributed by atoms with Gasteiger partial charge in [-0.3, -0.25) is 9.78 Å². The third-order valence-electron chi connectivity index (χ3n) is 4.01. The Labute approximate surface area is 117 Å². The molecule has 0 fully saturated rings. The first-order valence-corrected chi connectivity index (χ1v) is 6.94. The monoisotopic (exact) mass is 265 g/mol. The van der Waals surface area contributed by atoms with Gasteiger partial charge in [0, 0.05) is 37.5 Å². The number of anilines is 2. The molecule has 2 aliphatic heterocycles. The molecular weight excluding hydrogens is 250 g/mol. The van der Waals surface area contributed by atoms with E-state index in [0.29, 0.717) is 13.0 Å². The zero-order valence-corrected chi connectivity index (χ0v) is 11.1. The molecule has 1 aromatic heterocycles. The molecule has 4 heteroatoms. The molecule has 0 saturated carbocycles. The standard InChI is InChI=1S/C16H15N3O/c20-15-3-6-18-14-9-13(12-2-1-5-17-10-12)8-11-4-7-19(15)16(11)14/h1-2,5,8-10,18H,3-4,6-7H2. The van der Waals surface area contributed by atoms with Crippen LogP contribution in [0.15, 0.2) is 36.7 Å². The lowest BCUT2D eigenvalue weighted by molar-refractivity contribution is -0.118. The fraction of sp³-hybridized carbons (Fsp3) is 0.250. The molecule has 20 heavy (non-hydrogen) atoms. The van der Waals surface area contributed by atoms with E-state index in [1.165, 1.54) is 5.56 Å². The Balaban J connectivity index is 1.88. The maximum atomic E-state index is 12.1. The SMILES string of the molecule is O=C1CCNc2cc(-c3cccnc3)cc3c2N1CC3. The van der Waals surface area contributed by atoms with Gasteiger partial charge in [0.25, 0.3) is 0 Å². The highest BCUT2D eigenvalue weighted by Crippen LogP contribution is 2.40. The summed E-state index contributed by atoms with van der Waals surface area (Å²) in [6.45, 7) is 1.51. The molecule has 2 aliphatic rings. The van der Waals surface area contributed by atoms with Crippen molar-refractivity contribution < 1.29 is 4.79 Å². The van der Waals surface area contributed by atoms with Crippen LogP contribution in [0.4, 0.5) is 11.4 Å². The molecule has 0 aliphatic carbocycles. The first kappa shape index (κ1) is 11.5. The van der Waals surface area contributed by atoms with Crippen LogP contribution in [0.5, 0.6) is 0 Å². The molecule has 3 heterocycles. The number of carbonyl (C=O) groups is 1. The van der Waals surface area contributed by atoms with Crippen molar-refractivity contribution >= 4 is 17.3 Å². The highest BCUT2D eigenvalue weighted by atomic mass is 16.2. The van der Waals surface area contributed by atoms with Crippen LogP contribution in [0.1, 0.15) is 12.0 Å². The Morgan fingerprint density at radius 3 is 3.00 bits per heavy atom. The quantitative estimate of drug-likeness (QED) is 0.861. The van der Waals surface area contributed by atoms with Gasteiger partial charge in [0.05, 0.1) is 11.4 Å². The first-order valence-electron chi connectivity index (χ1n) is 6.94. The minimum Gasteiger partial charge on any atom is -0.383 e. The molecule has 1 N–H and O–H groups in total. The maximum absolute atomic E-state index is 12.1. The van der Waals surface area contributed by atoms with E-state index in [1.807, 2.05) is 17.2 Å². The molecule has 1 aromatic carbocycles. The van der Waals surface area contributed by atoms with Gasteiger partial charge in [-0.2, -0.15) is 0 Å². The van der Waals surface area contributed by atoms with Crippen LogP contribution in [0.3, 0.4) is 0 Å². The summed E-state index contributed by atoms with van der Waals surface area (Å²) >= 11 is 0. The smallest absolute Gasteiger partial charge is 0.228 e. The van der Waals surface area contributed by atoms with Gasteiger partial charge in [0.1, 0.15) is 0 Å². The molecule has 0 atom stereocenters. The summed E-state index contributed by atoms with van der Waals surface area (Å²) in [5, 5.41) is 3.39. The first-order chi connectivity index (χ1) is 9.83. The van der Waals surface area contributed by atoms with Gasteiger partial charge in [-0.1, -0.05) is 6.07 Å². The molecule has 0 unspecified atom stereocenters. The minimum absolute atomic E-state index is 0.226. The number of benzene rings is 1. The molecule has 4 rings (SSSR count). The van der Waals surface area contributed by atoms with Crippen LogP contribution in [-0.2, 0) is 11.2 Å². The van der Waals surface area contributed by atoms with Crippen LogP contribution >= 0.6 is 0 Å². The van der Waals surface area contributed by atoms with Crippen molar-refractivity contribution in [1.29, 1.82) is 0 Å². The highest BCUT2D eigenvalue weighted by Gasteiger charge is 2.29. The van der Waals surface area contributed by atoms with Gasteiger partial charge in [0.15, 0.2) is 0 Å². The summed E-state index contributed by atoms with van der Waals surface area (Å²) in [6.07, 6.45) is 5.16. The topological polar surface area (TPSA) is 45.2 Å². The number of carbonyl (C=O) groups excluding carboxylic acids is 1. The second-order valence-electron chi connectivity index (χ2n) is 5.25. The second kappa shape index (κ2) is 4.34. The van der Waals surface area contributed by atoms with E-state index >= 15 is 0 Å². The van der Waals surface area contributed by atoms with Crippen molar-refractivity contribution in [3.8, 4) is 11.1 Å². The summed E-state index contributed by atoms with van der Waals surface area (Å²) in [4.78, 5) is 18.2. The number of pyridine rings is 1. The predicted molar refractivity (Wildman–Crippen MR) is 78.8 cm³/mol. The normalized spacial score (nSPS) is 16.6. The van der Waals surface area contributed by atoms with Crippen molar-refractivity contribution in [3.63, 3.8) is 0 Å². The molecular formula is C16H15N3O. The van der Waals surface area contributed by atoms with Crippen LogP contribution in [0.25, 0.3) is 11.1 Å². The average molecular weight is 265 g/mol. The molecule has 2 aromatic rings. The lowest BCUT2D eigenvalue weighted by Gasteiger charge is -2.17. The van der Waals surface area contributed by atoms with Gasteiger partial charge in [-0.25, -0.2) is 0 Å². The van der Waals surface area contributed by atoms with Gasteiger partial charge in [-0.05, 0) is 35.7 Å². The average Bonchev–Trinajstić information content (AvgIpc) is 2.84. The third kappa shape index (κ3) is 1.68. The lowest BCUT2D eigenvalue weighted by atomic mass is 10.0. The molecule has 4 nitrogen and oxygen atoms in total. The zero-order valence-electron chi connectivity index (χ0n) is 11.1. The summed E-state index contributed by atoms with van der Waals surface area (Å²) < 4.78 is 0. The number of rotatable bonds is 1. The Morgan fingerprint density at radius 2 is 2.15 bits per heavy atom. The minimum atomic E-state index is 0.226. The lowest BCUT2D eigenvalue weighted by Crippen LogP contribution is -2.28. The second-order valence-corrected chi connectivity index (χ2v) is 5.25. The third-order valence-corrected chi connectivity index (χ3v) is 4.01. The summed E-state index contributed by atoms with van der Waals surface area (Å²) in [6, 6.07) is 8.34. The number of nitrogens with one attached hydrogen (secondary N) is 1. The molecule has 0 spiro atoms. The number of aromatic nitrogens is 1. The van der Waals surface area contributed by atoms with Crippen molar-refractivity contribution in [1.82, 2.24) is 4.98 Å². The molecule has 0 saturated heterocycles. The van der Waals surface area contributed by atoms with Crippen LogP contribution in [0, 0.1) is 0 Å². The van der Waals surface area contributed by atoms with E-state index in [-0.39, 0.29) is 5.91 Å². The van der Waals surface area contributed by atoms with Crippen LogP contribution < -0.4 is 10.2 Å². The fourth-order valence-electron chi connectivity index (χ4n) is 3.07. The van der Waals surface area contributed by atoms with E-state index in [9.17, 15) is 4.79 Å². The Morgan fingerprint density at radius 1 is 1.20 bits per heavy atom. The van der Waals surface area contributed by atoms with Crippen LogP contribution in [0.2, 0.25) is 0 Å². The Kier molecular flexibility index (Phi) is 2.49. The Bertz CT molecular complexity index is 682. The van der Waals surface area contributed by atoms with Crippen molar-refractivity contribution in [3.05, 3.63) is 42.2 Å². The van der Waals surface area contributed by atoms with E-state index in [2.05, 4.69) is 28.5 Å². The largest absolute Gasteiger partial charge is 0.383 e. The summed E-state index contributed by atoms with van der Waals surface area (Å²) in [7, 11) is 0. The fourth-order valence-corrected chi connectivity index (χ4v) is 3.07. The van der Waals surface area contributed by atoms with Gasteiger partial charge in [0.2, 0.25) is 5.91 Å². The zero-order chi connectivity index (χ0) is 13.5. The van der Waals surface area contributed by atoms with Gasteiger partial charge < -0.3 is 10.2 Å². The number of hydrogen-bond acceptors (Lipinski definition) is 3. The highest BCUT2D eigenvalue weighted by molar-refractivity contribution is 6.01. The van der Waals surface area contributed by atoms with Crippen molar-refractivity contribution in [2.75, 3.05) is 23.3 Å². The molecule has 0 bridgehead atoms. The van der Waals surface area contributed by atoms with Crippen molar-refractivity contribution in [2.24, 2.45) is 0 Å². The van der Waals surface area contributed by atoms with E-state index in [0.717, 1.165) is 35.5 Å². The summed E-state index contributed by atoms with van der Waals surface area (Å²) in [5.41, 5.74) is 5.69. The predicted octanol–water partition coefficient (Wildman–Crippen LogP) is 2.45. The Hall–Kier alpha value is -2.36. The van der Waals surface area contributed by atoms with E-state index in [1.54, 1.807) is 6.20 Å². The molecule has 1 amide bonds. The number of nitrogens with zero attached hydrogens (tertiary/aromatic N) is 2. The van der Waals surface area contributed by atoms with Crippen LogP contribution in [-0.4, -0.2) is 24.0 Å². The maximum Gasteiger partial charge on any atom is 0.228 e. The van der Waals surface area contributed by atoms with E-state index in [4.69, 9.17) is 0 Å². The van der Waals surface area contributed by atoms with E-state index < -0.39 is 0 Å². The number of hydrogen-bond donors (Lipinski definition) is 1. The van der Waals surface area contributed by atoms with Gasteiger partial charge >= 0.3 is 0 Å². The van der Waals surface area contributed by atoms with Gasteiger partial charge in [-0.15, -0.1) is 0 Å². The number of amides is 1.